The summed E-state index contributed by atoms with van der Waals surface area (Å²) in [5.41, 5.74) is 5.08. The average Bonchev–Trinajstić information content (AvgIpc) is 3.16. The molecule has 154 valence electrons. The van der Waals surface area contributed by atoms with E-state index in [-0.39, 0.29) is 0 Å². The van der Waals surface area contributed by atoms with Crippen molar-refractivity contribution in [1.82, 2.24) is 14.6 Å². The Balaban J connectivity index is 1.87. The van der Waals surface area contributed by atoms with Gasteiger partial charge in [-0.05, 0) is 44.2 Å². The minimum atomic E-state index is 0.750. The summed E-state index contributed by atoms with van der Waals surface area (Å²) < 4.78 is 12.9. The number of benzene rings is 1. The van der Waals surface area contributed by atoms with Crippen molar-refractivity contribution >= 4 is 11.5 Å². The third-order valence-electron chi connectivity index (χ3n) is 5.96. The Morgan fingerprint density at radius 3 is 2.28 bits per heavy atom. The lowest BCUT2D eigenvalue weighted by molar-refractivity contribution is 0.394. The van der Waals surface area contributed by atoms with Crippen LogP contribution in [0.1, 0.15) is 37.9 Å². The number of methoxy groups -OCH3 is 2. The Morgan fingerprint density at radius 1 is 1.03 bits per heavy atom. The van der Waals surface area contributed by atoms with Gasteiger partial charge in [0.05, 0.1) is 19.9 Å². The summed E-state index contributed by atoms with van der Waals surface area (Å²) in [6, 6.07) is 7.90. The quantitative estimate of drug-likeness (QED) is 0.637. The lowest BCUT2D eigenvalue weighted by Crippen LogP contribution is -2.35. The van der Waals surface area contributed by atoms with E-state index in [1.54, 1.807) is 14.2 Å². The molecule has 1 aromatic carbocycles. The van der Waals surface area contributed by atoms with Gasteiger partial charge >= 0.3 is 0 Å². The molecule has 1 fully saturated rings. The molecule has 0 atom stereocenters. The number of aryl methyl sites for hydroxylation is 1. The van der Waals surface area contributed by atoms with Crippen molar-refractivity contribution in [3.63, 3.8) is 0 Å². The molecule has 0 N–H and O–H groups in total. The number of ether oxygens (including phenoxy) is 2. The van der Waals surface area contributed by atoms with E-state index in [4.69, 9.17) is 19.6 Å². The molecule has 4 rings (SSSR count). The molecule has 1 aliphatic rings. The molecule has 0 spiro atoms. The molecule has 1 saturated heterocycles. The highest BCUT2D eigenvalue weighted by molar-refractivity contribution is 5.69. The maximum Gasteiger partial charge on any atom is 0.158 e. The van der Waals surface area contributed by atoms with Crippen LogP contribution in [-0.2, 0) is 6.42 Å². The molecule has 3 heterocycles. The maximum atomic E-state index is 5.44. The topological polar surface area (TPSA) is 51.9 Å². The molecule has 2 aromatic heterocycles. The molecule has 0 saturated carbocycles. The predicted octanol–water partition coefficient (Wildman–Crippen LogP) is 4.52. The first kappa shape index (κ1) is 19.6. The standard InChI is InChI=1S/C23H30N4O2/c1-6-20-16(3)24-22-14-21(17-11-18(28-4)13-19(12-17)29-5)25-27(22)23(20)26-9-7-15(2)8-10-26/h11-15H,6-10H2,1-5H3. The first-order valence-corrected chi connectivity index (χ1v) is 10.4. The summed E-state index contributed by atoms with van der Waals surface area (Å²) in [5, 5.41) is 4.98. The highest BCUT2D eigenvalue weighted by Crippen LogP contribution is 2.33. The van der Waals surface area contributed by atoms with Crippen LogP contribution in [0, 0.1) is 12.8 Å². The number of nitrogens with zero attached hydrogens (tertiary/aromatic N) is 4. The first-order chi connectivity index (χ1) is 14.0. The Bertz CT molecular complexity index is 997. The van der Waals surface area contributed by atoms with Gasteiger partial charge in [0.1, 0.15) is 17.3 Å². The van der Waals surface area contributed by atoms with Crippen molar-refractivity contribution in [2.45, 2.75) is 40.0 Å². The van der Waals surface area contributed by atoms with Crippen molar-refractivity contribution in [2.75, 3.05) is 32.2 Å². The van der Waals surface area contributed by atoms with E-state index >= 15 is 0 Å². The van der Waals surface area contributed by atoms with Gasteiger partial charge in [0.15, 0.2) is 5.65 Å². The van der Waals surface area contributed by atoms with Crippen LogP contribution in [-0.4, -0.2) is 41.9 Å². The Hall–Kier alpha value is -2.76. The van der Waals surface area contributed by atoms with E-state index in [0.717, 1.165) is 59.5 Å². The van der Waals surface area contributed by atoms with Crippen LogP contribution < -0.4 is 14.4 Å². The van der Waals surface area contributed by atoms with Crippen LogP contribution in [0.5, 0.6) is 11.5 Å². The Kier molecular flexibility index (Phi) is 5.35. The monoisotopic (exact) mass is 394 g/mol. The molecule has 29 heavy (non-hydrogen) atoms. The zero-order valence-electron chi connectivity index (χ0n) is 18.0. The Morgan fingerprint density at radius 2 is 1.69 bits per heavy atom. The molecule has 0 amide bonds. The second kappa shape index (κ2) is 7.93. The lowest BCUT2D eigenvalue weighted by Gasteiger charge is -2.33. The van der Waals surface area contributed by atoms with E-state index in [0.29, 0.717) is 0 Å². The van der Waals surface area contributed by atoms with E-state index in [9.17, 15) is 0 Å². The fourth-order valence-corrected chi connectivity index (χ4v) is 4.19. The van der Waals surface area contributed by atoms with Gasteiger partial charge in [0, 0.05) is 42.0 Å². The largest absolute Gasteiger partial charge is 0.497 e. The smallest absolute Gasteiger partial charge is 0.158 e. The Labute approximate surface area is 172 Å². The van der Waals surface area contributed by atoms with Crippen LogP contribution in [0.25, 0.3) is 16.9 Å². The maximum absolute atomic E-state index is 5.44. The minimum Gasteiger partial charge on any atom is -0.497 e. The van der Waals surface area contributed by atoms with Crippen LogP contribution in [0.4, 0.5) is 5.82 Å². The van der Waals surface area contributed by atoms with E-state index in [1.807, 2.05) is 22.7 Å². The van der Waals surface area contributed by atoms with E-state index in [1.165, 1.54) is 24.2 Å². The number of hydrogen-bond acceptors (Lipinski definition) is 5. The highest BCUT2D eigenvalue weighted by atomic mass is 16.5. The fraction of sp³-hybridized carbons (Fsp3) is 0.478. The van der Waals surface area contributed by atoms with Gasteiger partial charge in [0.2, 0.25) is 0 Å². The number of piperidine rings is 1. The third kappa shape index (κ3) is 3.63. The third-order valence-corrected chi connectivity index (χ3v) is 5.96. The van der Waals surface area contributed by atoms with E-state index in [2.05, 4.69) is 31.7 Å². The zero-order valence-corrected chi connectivity index (χ0v) is 18.0. The molecule has 6 heteroatoms. The molecule has 0 unspecified atom stereocenters. The predicted molar refractivity (Wildman–Crippen MR) is 116 cm³/mol. The van der Waals surface area contributed by atoms with Crippen LogP contribution in [0.15, 0.2) is 24.3 Å². The molecule has 1 aliphatic heterocycles. The van der Waals surface area contributed by atoms with Gasteiger partial charge in [-0.2, -0.15) is 9.61 Å². The highest BCUT2D eigenvalue weighted by Gasteiger charge is 2.23. The SMILES string of the molecule is CCc1c(C)nc2cc(-c3cc(OC)cc(OC)c3)nn2c1N1CCC(C)CC1. The van der Waals surface area contributed by atoms with E-state index < -0.39 is 0 Å². The number of aromatic nitrogens is 3. The van der Waals surface area contributed by atoms with Crippen molar-refractivity contribution < 1.29 is 9.47 Å². The van der Waals surface area contributed by atoms with Gasteiger partial charge in [-0.3, -0.25) is 0 Å². The summed E-state index contributed by atoms with van der Waals surface area (Å²) in [4.78, 5) is 7.35. The number of hydrogen-bond donors (Lipinski definition) is 0. The molecule has 6 nitrogen and oxygen atoms in total. The van der Waals surface area contributed by atoms with Crippen LogP contribution in [0.2, 0.25) is 0 Å². The first-order valence-electron chi connectivity index (χ1n) is 10.4. The molecule has 0 bridgehead atoms. The summed E-state index contributed by atoms with van der Waals surface area (Å²) in [7, 11) is 3.33. The molecular formula is C23H30N4O2. The molecular weight excluding hydrogens is 364 g/mol. The average molecular weight is 395 g/mol. The normalized spacial score (nSPS) is 15.1. The van der Waals surface area contributed by atoms with Gasteiger partial charge in [-0.1, -0.05) is 13.8 Å². The molecule has 0 aliphatic carbocycles. The summed E-state index contributed by atoms with van der Waals surface area (Å²) in [6.07, 6.45) is 3.37. The lowest BCUT2D eigenvalue weighted by atomic mass is 9.98. The zero-order chi connectivity index (χ0) is 20.5. The van der Waals surface area contributed by atoms with Crippen molar-refractivity contribution in [2.24, 2.45) is 5.92 Å². The van der Waals surface area contributed by atoms with Gasteiger partial charge in [-0.25, -0.2) is 4.98 Å². The second-order valence-electron chi connectivity index (χ2n) is 7.92. The van der Waals surface area contributed by atoms with Gasteiger partial charge in [0.25, 0.3) is 0 Å². The van der Waals surface area contributed by atoms with Crippen LogP contribution in [0.3, 0.4) is 0 Å². The second-order valence-corrected chi connectivity index (χ2v) is 7.92. The fourth-order valence-electron chi connectivity index (χ4n) is 4.19. The van der Waals surface area contributed by atoms with Gasteiger partial charge in [-0.15, -0.1) is 0 Å². The van der Waals surface area contributed by atoms with Crippen molar-refractivity contribution in [3.8, 4) is 22.8 Å². The number of anilines is 1. The number of fused-ring (bicyclic) bond motifs is 1. The minimum absolute atomic E-state index is 0.750. The van der Waals surface area contributed by atoms with Crippen molar-refractivity contribution in [3.05, 3.63) is 35.5 Å². The molecule has 0 radical (unpaired) electrons. The molecule has 3 aromatic rings. The number of rotatable bonds is 5. The summed E-state index contributed by atoms with van der Waals surface area (Å²) in [6.45, 7) is 8.77. The van der Waals surface area contributed by atoms with Gasteiger partial charge < -0.3 is 14.4 Å². The summed E-state index contributed by atoms with van der Waals surface area (Å²) in [5.74, 6) is 3.48. The van der Waals surface area contributed by atoms with Crippen LogP contribution >= 0.6 is 0 Å². The van der Waals surface area contributed by atoms with Crippen molar-refractivity contribution in [1.29, 1.82) is 0 Å². The summed E-state index contributed by atoms with van der Waals surface area (Å²) >= 11 is 0.